The number of hydrogen-bond acceptors (Lipinski definition) is 6. The van der Waals surface area contributed by atoms with Crippen molar-refractivity contribution in [1.29, 1.82) is 0 Å². The van der Waals surface area contributed by atoms with Gasteiger partial charge in [-0.1, -0.05) is 13.3 Å². The zero-order valence-corrected chi connectivity index (χ0v) is 18.0. The molecule has 0 unspecified atom stereocenters. The van der Waals surface area contributed by atoms with E-state index in [1.807, 2.05) is 6.92 Å². The van der Waals surface area contributed by atoms with Gasteiger partial charge in [0.05, 0.1) is 24.7 Å². The van der Waals surface area contributed by atoms with Gasteiger partial charge in [-0.2, -0.15) is 0 Å². The first-order valence-electron chi connectivity index (χ1n) is 10.5. The monoisotopic (exact) mass is 425 g/mol. The molecule has 31 heavy (non-hydrogen) atoms. The highest BCUT2D eigenvalue weighted by atomic mass is 16.5. The molecule has 2 aromatic carbocycles. The molecule has 1 amide bonds. The zero-order valence-electron chi connectivity index (χ0n) is 18.0. The maximum atomic E-state index is 12.5. The first kappa shape index (κ1) is 22.3. The van der Waals surface area contributed by atoms with E-state index in [4.69, 9.17) is 14.2 Å². The number of carbonyl (C=O) groups is 3. The summed E-state index contributed by atoms with van der Waals surface area (Å²) in [4.78, 5) is 36.7. The van der Waals surface area contributed by atoms with Crippen molar-refractivity contribution in [3.63, 3.8) is 0 Å². The number of amides is 1. The Morgan fingerprint density at radius 3 is 2.52 bits per heavy atom. The third-order valence-electron chi connectivity index (χ3n) is 5.06. The summed E-state index contributed by atoms with van der Waals surface area (Å²) in [6, 6.07) is 9.80. The van der Waals surface area contributed by atoms with Crippen molar-refractivity contribution in [2.24, 2.45) is 0 Å². The van der Waals surface area contributed by atoms with Crippen molar-refractivity contribution in [2.75, 3.05) is 25.1 Å². The summed E-state index contributed by atoms with van der Waals surface area (Å²) in [6.07, 6.45) is 1.93. The van der Waals surface area contributed by atoms with Gasteiger partial charge < -0.3 is 19.5 Å². The number of rotatable bonds is 10. The highest BCUT2D eigenvalue weighted by Crippen LogP contribution is 2.33. The van der Waals surface area contributed by atoms with E-state index in [-0.39, 0.29) is 23.2 Å². The van der Waals surface area contributed by atoms with Crippen LogP contribution in [-0.4, -0.2) is 37.5 Å². The number of nitrogens with one attached hydrogen (secondary N) is 1. The smallest absolute Gasteiger partial charge is 0.338 e. The number of anilines is 1. The van der Waals surface area contributed by atoms with Crippen molar-refractivity contribution in [3.05, 3.63) is 53.1 Å². The Balaban J connectivity index is 1.64. The first-order chi connectivity index (χ1) is 14.9. The Bertz CT molecular complexity index is 984. The quantitative estimate of drug-likeness (QED) is 0.346. The van der Waals surface area contributed by atoms with Gasteiger partial charge in [0, 0.05) is 11.3 Å². The van der Waals surface area contributed by atoms with Crippen LogP contribution in [0.4, 0.5) is 5.69 Å². The van der Waals surface area contributed by atoms with Gasteiger partial charge in [0.15, 0.2) is 23.9 Å². The maximum absolute atomic E-state index is 12.5. The summed E-state index contributed by atoms with van der Waals surface area (Å²) in [5, 5.41) is 2.76. The molecule has 0 radical (unpaired) electrons. The fraction of sp³-hybridized carbons (Fsp3) is 0.375. The molecule has 2 aromatic rings. The number of benzene rings is 2. The Labute approximate surface area is 181 Å². The van der Waals surface area contributed by atoms with Crippen molar-refractivity contribution in [1.82, 2.24) is 0 Å². The van der Waals surface area contributed by atoms with Crippen LogP contribution in [0.5, 0.6) is 11.5 Å². The summed E-state index contributed by atoms with van der Waals surface area (Å²) in [6.45, 7) is 6.30. The minimum atomic E-state index is -0.624. The van der Waals surface area contributed by atoms with E-state index in [0.29, 0.717) is 36.0 Å². The summed E-state index contributed by atoms with van der Waals surface area (Å²) in [5.41, 5.74) is 2.14. The number of fused-ring (bicyclic) bond motifs is 1. The second kappa shape index (κ2) is 10.1. The fourth-order valence-corrected chi connectivity index (χ4v) is 3.24. The van der Waals surface area contributed by atoms with Gasteiger partial charge in [-0.15, -0.1) is 0 Å². The molecule has 0 aliphatic carbocycles. The molecule has 0 spiro atoms. The molecule has 0 aromatic heterocycles. The molecule has 0 saturated carbocycles. The van der Waals surface area contributed by atoms with E-state index in [2.05, 4.69) is 12.2 Å². The lowest BCUT2D eigenvalue weighted by Gasteiger charge is -2.13. The van der Waals surface area contributed by atoms with Crippen LogP contribution in [0.2, 0.25) is 0 Å². The lowest BCUT2D eigenvalue weighted by molar-refractivity contribution is -0.116. The summed E-state index contributed by atoms with van der Waals surface area (Å²) >= 11 is 0. The van der Waals surface area contributed by atoms with E-state index in [0.717, 1.165) is 18.4 Å². The highest BCUT2D eigenvalue weighted by molar-refractivity contribution is 6.05. The van der Waals surface area contributed by atoms with Crippen LogP contribution >= 0.6 is 0 Å². The third-order valence-corrected chi connectivity index (χ3v) is 5.06. The van der Waals surface area contributed by atoms with Gasteiger partial charge in [-0.05, 0) is 62.2 Å². The first-order valence-corrected chi connectivity index (χ1v) is 10.5. The number of unbranched alkanes of at least 4 members (excludes halogenated alkanes) is 1. The Kier molecular flexibility index (Phi) is 7.28. The van der Waals surface area contributed by atoms with Gasteiger partial charge >= 0.3 is 5.97 Å². The van der Waals surface area contributed by atoms with Crippen LogP contribution < -0.4 is 14.8 Å². The predicted octanol–water partition coefficient (Wildman–Crippen LogP) is 4.36. The Morgan fingerprint density at radius 1 is 1.00 bits per heavy atom. The van der Waals surface area contributed by atoms with Crippen LogP contribution in [0.1, 0.15) is 65.8 Å². The number of ether oxygens (including phenoxy) is 3. The molecule has 1 aliphatic rings. The molecule has 0 saturated heterocycles. The molecule has 1 N–H and O–H groups in total. The van der Waals surface area contributed by atoms with Gasteiger partial charge in [0.1, 0.15) is 0 Å². The average molecular weight is 425 g/mol. The molecule has 0 bridgehead atoms. The minimum absolute atomic E-state index is 0.0988. The predicted molar refractivity (Wildman–Crippen MR) is 116 cm³/mol. The third kappa shape index (κ3) is 5.23. The average Bonchev–Trinajstić information content (AvgIpc) is 3.06. The largest absolute Gasteiger partial charge is 0.490 e. The van der Waals surface area contributed by atoms with Crippen LogP contribution in [0.25, 0.3) is 0 Å². The minimum Gasteiger partial charge on any atom is -0.490 e. The molecule has 3 rings (SSSR count). The normalized spacial score (nSPS) is 14.5. The Hall–Kier alpha value is -3.35. The molecule has 164 valence electrons. The van der Waals surface area contributed by atoms with Crippen molar-refractivity contribution in [3.8, 4) is 11.5 Å². The van der Waals surface area contributed by atoms with Crippen LogP contribution in [0, 0.1) is 0 Å². The zero-order chi connectivity index (χ0) is 22.4. The van der Waals surface area contributed by atoms with E-state index in [1.165, 1.54) is 0 Å². The van der Waals surface area contributed by atoms with E-state index < -0.39 is 12.6 Å². The molecule has 1 atom stereocenters. The summed E-state index contributed by atoms with van der Waals surface area (Å²) in [7, 11) is 0. The maximum Gasteiger partial charge on any atom is 0.338 e. The molecule has 1 aliphatic heterocycles. The van der Waals surface area contributed by atoms with E-state index in [1.54, 1.807) is 43.3 Å². The summed E-state index contributed by atoms with van der Waals surface area (Å²) in [5.74, 6) is -0.353. The van der Waals surface area contributed by atoms with E-state index >= 15 is 0 Å². The number of Topliss-reactive ketones (excluding diaryl/α,β-unsaturated/α-hetero) is 1. The second-order valence-electron chi connectivity index (χ2n) is 7.31. The fourth-order valence-electron chi connectivity index (χ4n) is 3.24. The highest BCUT2D eigenvalue weighted by Gasteiger charge is 2.27. The number of carbonyl (C=O) groups excluding carboxylic acids is 3. The molecule has 1 heterocycles. The van der Waals surface area contributed by atoms with Gasteiger partial charge in [-0.25, -0.2) is 4.79 Å². The number of esters is 1. The van der Waals surface area contributed by atoms with Crippen molar-refractivity contribution >= 4 is 23.3 Å². The number of hydrogen-bond donors (Lipinski definition) is 1. The SMILES string of the molecule is CCCCOc1ccc(C(=O)OCC(=O)c2ccc3c(c2)[C@H](C)C(=O)N3)cc1OCC. The molecule has 7 heteroatoms. The van der Waals surface area contributed by atoms with Crippen LogP contribution in [0.15, 0.2) is 36.4 Å². The Morgan fingerprint density at radius 2 is 1.77 bits per heavy atom. The standard InChI is InChI=1S/C24H27NO6/c1-4-6-11-30-21-10-8-17(13-22(21)29-5-2)24(28)31-14-20(26)16-7-9-19-18(12-16)15(3)23(27)25-19/h7-10,12-13,15H,4-6,11,14H2,1-3H3,(H,25,27)/t15-/m0/s1. The van der Waals surface area contributed by atoms with Gasteiger partial charge in [0.25, 0.3) is 0 Å². The molecule has 7 nitrogen and oxygen atoms in total. The molecular weight excluding hydrogens is 398 g/mol. The van der Waals surface area contributed by atoms with Gasteiger partial charge in [-0.3, -0.25) is 9.59 Å². The second-order valence-corrected chi connectivity index (χ2v) is 7.31. The van der Waals surface area contributed by atoms with Crippen LogP contribution in [0.3, 0.4) is 0 Å². The van der Waals surface area contributed by atoms with Crippen molar-refractivity contribution in [2.45, 2.75) is 39.5 Å². The lowest BCUT2D eigenvalue weighted by atomic mass is 9.99. The topological polar surface area (TPSA) is 90.9 Å². The molecule has 0 fully saturated rings. The van der Waals surface area contributed by atoms with Crippen molar-refractivity contribution < 1.29 is 28.6 Å². The molecular formula is C24H27NO6. The number of ketones is 1. The summed E-state index contributed by atoms with van der Waals surface area (Å²) < 4.78 is 16.5. The van der Waals surface area contributed by atoms with Gasteiger partial charge in [0.2, 0.25) is 5.91 Å². The van der Waals surface area contributed by atoms with Crippen LogP contribution in [-0.2, 0) is 9.53 Å². The van der Waals surface area contributed by atoms with E-state index in [9.17, 15) is 14.4 Å². The lowest BCUT2D eigenvalue weighted by Crippen LogP contribution is -2.15.